The van der Waals surface area contributed by atoms with Gasteiger partial charge in [-0.2, -0.15) is 0 Å². The van der Waals surface area contributed by atoms with Crippen LogP contribution in [0, 0.1) is 12.3 Å². The number of aromatic nitrogens is 2. The number of ether oxygens (including phenoxy) is 4. The first-order chi connectivity index (χ1) is 33.9. The van der Waals surface area contributed by atoms with E-state index in [1.54, 1.807) is 29.6 Å². The van der Waals surface area contributed by atoms with Gasteiger partial charge in [-0.05, 0) is 70.8 Å². The summed E-state index contributed by atoms with van der Waals surface area (Å²) in [5.74, 6) is 1.24. The molecule has 71 heavy (non-hydrogen) atoms. The topological polar surface area (TPSA) is 179 Å². The van der Waals surface area contributed by atoms with Crippen molar-refractivity contribution < 1.29 is 72.8 Å². The predicted molar refractivity (Wildman–Crippen MR) is 273 cm³/mol. The van der Waals surface area contributed by atoms with Crippen molar-refractivity contribution in [3.8, 4) is 55.6 Å². The Morgan fingerprint density at radius 2 is 1.61 bits per heavy atom. The summed E-state index contributed by atoms with van der Waals surface area (Å²) in [5, 5.41) is 14.9. The quantitative estimate of drug-likeness (QED) is 0.0406. The molecule has 0 saturated carbocycles. The Labute approximate surface area is 442 Å². The number of aryl methyl sites for hydroxylation is 1. The number of nitrogens with one attached hydrogen (secondary N) is 2. The first-order valence-corrected chi connectivity index (χ1v) is 24.2. The van der Waals surface area contributed by atoms with E-state index < -0.39 is 0 Å². The number of likely N-dealkylation sites (tertiary alicyclic amines) is 1. The van der Waals surface area contributed by atoms with Gasteiger partial charge in [0.25, 0.3) is 0 Å². The zero-order valence-electron chi connectivity index (χ0n) is 41.5. The maximum atomic E-state index is 13.0. The van der Waals surface area contributed by atoms with Crippen molar-refractivity contribution in [3.05, 3.63) is 125 Å². The zero-order valence-corrected chi connectivity index (χ0v) is 44.3. The predicted octanol–water partition coefficient (Wildman–Crippen LogP) is 5.88. The summed E-state index contributed by atoms with van der Waals surface area (Å²) < 4.78 is 22.4. The Hall–Kier alpha value is -5.78. The van der Waals surface area contributed by atoms with Crippen molar-refractivity contribution in [2.24, 2.45) is 5.41 Å². The molecular formula is C55H62N5NaO9S. The SMILES string of the molecule is CC(C)(C)CC(=O)N1CCC(O)C1.COc1cc(-c2cc(-c3ccccc3)nc3c2CC(=O)Nc2ccccc2-3)ccc1OCCOCCOCC[C-]=O.Cc1ncsc1-c1ccc(CNC=O)cc1.[Na+]. The van der Waals surface area contributed by atoms with Gasteiger partial charge in [0.15, 0.2) is 11.5 Å². The third-order valence-electron chi connectivity index (χ3n) is 11.2. The number of benzene rings is 4. The van der Waals surface area contributed by atoms with E-state index in [4.69, 9.17) is 23.9 Å². The molecule has 3 N–H and O–H groups in total. The number of thiazole rings is 1. The molecule has 0 spiro atoms. The number of aliphatic hydroxyl groups excluding tert-OH is 1. The van der Waals surface area contributed by atoms with Gasteiger partial charge in [0.2, 0.25) is 18.2 Å². The zero-order chi connectivity index (χ0) is 49.9. The van der Waals surface area contributed by atoms with Crippen LogP contribution in [0.5, 0.6) is 11.5 Å². The van der Waals surface area contributed by atoms with E-state index in [0.29, 0.717) is 70.5 Å². The average Bonchev–Trinajstić information content (AvgIpc) is 3.97. The second kappa shape index (κ2) is 28.3. The number of nitrogens with zero attached hydrogens (tertiary/aromatic N) is 3. The minimum absolute atomic E-state index is 0. The molecule has 1 unspecified atom stereocenters. The number of pyridine rings is 1. The van der Waals surface area contributed by atoms with Gasteiger partial charge in [-0.1, -0.05) is 99.6 Å². The molecule has 16 heteroatoms. The minimum Gasteiger partial charge on any atom is -0.542 e. The summed E-state index contributed by atoms with van der Waals surface area (Å²) in [7, 11) is 1.60. The number of methoxy groups -OCH3 is 1. The number of β-amino-alcohol motifs (C(OH)–C–C–N with tert-alkyl or cyclic N) is 1. The Kier molecular flexibility index (Phi) is 22.4. The largest absolute Gasteiger partial charge is 1.00 e. The maximum Gasteiger partial charge on any atom is 1.00 e. The van der Waals surface area contributed by atoms with Crippen LogP contribution in [0.2, 0.25) is 0 Å². The average molecular weight is 992 g/mol. The number of fused-ring (bicyclic) bond motifs is 3. The smallest absolute Gasteiger partial charge is 0.542 e. The molecule has 0 aliphatic carbocycles. The van der Waals surface area contributed by atoms with Crippen LogP contribution < -0.4 is 49.7 Å². The summed E-state index contributed by atoms with van der Waals surface area (Å²) in [6.07, 6.45) is 3.95. The van der Waals surface area contributed by atoms with Crippen molar-refractivity contribution in [1.29, 1.82) is 0 Å². The second-order valence-corrected chi connectivity index (χ2v) is 18.7. The van der Waals surface area contributed by atoms with Crippen molar-refractivity contribution in [2.45, 2.75) is 66.0 Å². The number of aliphatic hydroxyl groups is 1. The van der Waals surface area contributed by atoms with Crippen molar-refractivity contribution >= 4 is 41.5 Å². The molecule has 6 aromatic rings. The van der Waals surface area contributed by atoms with Gasteiger partial charge in [0.05, 0.1) is 72.6 Å². The molecule has 2 aromatic heterocycles. The molecule has 1 saturated heterocycles. The molecule has 2 aliphatic rings. The van der Waals surface area contributed by atoms with Gasteiger partial charge in [0, 0.05) is 43.8 Å². The summed E-state index contributed by atoms with van der Waals surface area (Å²) in [5.41, 5.74) is 12.1. The molecule has 14 nitrogen and oxygen atoms in total. The van der Waals surface area contributed by atoms with Gasteiger partial charge in [-0.3, -0.25) is 20.7 Å². The summed E-state index contributed by atoms with van der Waals surface area (Å²) in [6.45, 7) is 11.8. The van der Waals surface area contributed by atoms with E-state index in [-0.39, 0.29) is 65.7 Å². The number of hydrogen-bond donors (Lipinski definition) is 3. The Balaban J connectivity index is 0.000000254. The van der Waals surface area contributed by atoms with Crippen LogP contribution in [0.15, 0.2) is 109 Å². The minimum atomic E-state index is -0.302. The number of hydrogen-bond acceptors (Lipinski definition) is 12. The van der Waals surface area contributed by atoms with Gasteiger partial charge in [-0.15, -0.1) is 17.8 Å². The third kappa shape index (κ3) is 16.9. The van der Waals surface area contributed by atoms with Crippen LogP contribution in [-0.2, 0) is 41.6 Å². The Bertz CT molecular complexity index is 2660. The maximum absolute atomic E-state index is 13.0. The third-order valence-corrected chi connectivity index (χ3v) is 12.2. The van der Waals surface area contributed by atoms with Crippen molar-refractivity contribution in [3.63, 3.8) is 0 Å². The van der Waals surface area contributed by atoms with E-state index in [9.17, 15) is 24.3 Å². The molecule has 0 bridgehead atoms. The van der Waals surface area contributed by atoms with Crippen LogP contribution >= 0.6 is 11.3 Å². The summed E-state index contributed by atoms with van der Waals surface area (Å²) >= 11 is 1.64. The number of rotatable bonds is 18. The molecule has 4 heterocycles. The first-order valence-electron chi connectivity index (χ1n) is 23.3. The monoisotopic (exact) mass is 991 g/mol. The first kappa shape index (κ1) is 56.1. The Morgan fingerprint density at radius 3 is 2.27 bits per heavy atom. The summed E-state index contributed by atoms with van der Waals surface area (Å²) in [4.78, 5) is 57.2. The van der Waals surface area contributed by atoms with Crippen LogP contribution in [-0.4, -0.2) is 104 Å². The molecule has 1 atom stereocenters. The number of amides is 3. The van der Waals surface area contributed by atoms with E-state index in [0.717, 1.165) is 69.1 Å². The fourth-order valence-electron chi connectivity index (χ4n) is 7.79. The number of anilines is 1. The molecule has 2 aliphatic heterocycles. The Morgan fingerprint density at radius 1 is 0.901 bits per heavy atom. The van der Waals surface area contributed by atoms with Crippen LogP contribution in [0.3, 0.4) is 0 Å². The van der Waals surface area contributed by atoms with E-state index >= 15 is 0 Å². The molecule has 1 fully saturated rings. The van der Waals surface area contributed by atoms with Gasteiger partial charge in [0.1, 0.15) is 6.61 Å². The fraction of sp³-hybridized carbons (Fsp3) is 0.345. The second-order valence-electron chi connectivity index (χ2n) is 17.8. The van der Waals surface area contributed by atoms with Gasteiger partial charge < -0.3 is 44.4 Å². The molecule has 3 amide bonds. The van der Waals surface area contributed by atoms with Crippen LogP contribution in [0.1, 0.15) is 56.9 Å². The molecular weight excluding hydrogens is 930 g/mol. The standard InChI is InChI=1S/C33H31N2O6.C12H12N2OS.C10H19NO2.Na/c1-38-31-20-24(12-13-30(31)41-19-18-40-17-16-39-15-7-14-36)26-21-29(23-8-3-2-4-9-23)35-33-25-10-5-6-11-28(25)34-32(37)22-27(26)33;1-9-12(16-8-14-9)11-4-2-10(3-5-11)6-13-7-15;1-10(2,3)6-9(13)11-5-4-8(12)7-11;/h2-6,8-13,20-21H,7,15-19,22H2,1H3,(H,34,37);2-5,7-8H,6H2,1H3,(H,13,15);8,12H,4-7H2,1-3H3;/q-1;;;+1. The van der Waals surface area contributed by atoms with E-state index in [2.05, 4.69) is 48.5 Å². The van der Waals surface area contributed by atoms with Crippen molar-refractivity contribution in [1.82, 2.24) is 20.2 Å². The van der Waals surface area contributed by atoms with E-state index in [1.165, 1.54) is 10.4 Å². The fourth-order valence-corrected chi connectivity index (χ4v) is 8.60. The molecule has 368 valence electrons. The molecule has 4 aromatic carbocycles. The van der Waals surface area contributed by atoms with E-state index in [1.807, 2.05) is 103 Å². The number of para-hydroxylation sites is 1. The van der Waals surface area contributed by atoms with Crippen LogP contribution in [0.25, 0.3) is 44.1 Å². The number of carbonyl (C=O) groups is 3. The molecule has 0 radical (unpaired) electrons. The van der Waals surface area contributed by atoms with Gasteiger partial charge >= 0.3 is 29.6 Å². The van der Waals surface area contributed by atoms with Crippen LogP contribution in [0.4, 0.5) is 5.69 Å². The normalized spacial score (nSPS) is 13.6. The van der Waals surface area contributed by atoms with Gasteiger partial charge in [-0.25, -0.2) is 9.97 Å². The summed E-state index contributed by atoms with van der Waals surface area (Å²) in [6, 6.07) is 33.7. The van der Waals surface area contributed by atoms with Crippen molar-refractivity contribution in [2.75, 3.05) is 58.6 Å². The number of carbonyl (C=O) groups excluding carboxylic acids is 4. The molecule has 8 rings (SSSR count).